The van der Waals surface area contributed by atoms with E-state index in [1.54, 1.807) is 18.2 Å². The Morgan fingerprint density at radius 2 is 1.86 bits per heavy atom. The van der Waals surface area contributed by atoms with Crippen molar-refractivity contribution in [1.29, 1.82) is 0 Å². The maximum atomic E-state index is 12.2. The minimum atomic E-state index is -0.580. The van der Waals surface area contributed by atoms with Crippen LogP contribution in [0.15, 0.2) is 45.3 Å². The predicted molar refractivity (Wildman–Crippen MR) is 87.9 cm³/mol. The van der Waals surface area contributed by atoms with Gasteiger partial charge in [-0.1, -0.05) is 11.6 Å². The number of non-ortho nitro benzene ring substituents is 1. The Morgan fingerprint density at radius 3 is 2.48 bits per heavy atom. The molecule has 1 amide bonds. The summed E-state index contributed by atoms with van der Waals surface area (Å²) in [5.41, 5.74) is 0.393. The number of amides is 1. The molecule has 0 aliphatic heterocycles. The van der Waals surface area contributed by atoms with Crippen LogP contribution < -0.4 is 5.32 Å². The van der Waals surface area contributed by atoms with Gasteiger partial charge in [0.1, 0.15) is 0 Å². The van der Waals surface area contributed by atoms with Gasteiger partial charge in [0.15, 0.2) is 0 Å². The molecule has 0 atom stereocenters. The third kappa shape index (κ3) is 3.81. The third-order valence-electron chi connectivity index (χ3n) is 2.58. The number of nitro benzene ring substituents is 1. The zero-order valence-electron chi connectivity index (χ0n) is 10.3. The number of rotatable bonds is 3. The highest BCUT2D eigenvalue weighted by molar-refractivity contribution is 9.13. The first-order valence-electron chi connectivity index (χ1n) is 5.59. The normalized spacial score (nSPS) is 10.2. The van der Waals surface area contributed by atoms with Crippen molar-refractivity contribution in [2.24, 2.45) is 0 Å². The summed E-state index contributed by atoms with van der Waals surface area (Å²) in [4.78, 5) is 22.3. The number of benzene rings is 2. The summed E-state index contributed by atoms with van der Waals surface area (Å²) in [5, 5.41) is 13.5. The molecule has 2 aromatic rings. The molecule has 0 unspecified atom stereocenters. The van der Waals surface area contributed by atoms with E-state index >= 15 is 0 Å². The molecule has 0 fully saturated rings. The minimum Gasteiger partial charge on any atom is -0.322 e. The van der Waals surface area contributed by atoms with Gasteiger partial charge in [-0.3, -0.25) is 14.9 Å². The highest BCUT2D eigenvalue weighted by Gasteiger charge is 2.16. The van der Waals surface area contributed by atoms with E-state index in [-0.39, 0.29) is 16.3 Å². The molecule has 2 aromatic carbocycles. The van der Waals surface area contributed by atoms with Gasteiger partial charge in [0, 0.05) is 26.8 Å². The van der Waals surface area contributed by atoms with E-state index in [2.05, 4.69) is 37.2 Å². The Kier molecular flexibility index (Phi) is 4.97. The fourth-order valence-corrected chi connectivity index (χ4v) is 2.40. The maximum absolute atomic E-state index is 12.2. The second-order valence-corrected chi connectivity index (χ2v) is 6.12. The fourth-order valence-electron chi connectivity index (χ4n) is 1.57. The van der Waals surface area contributed by atoms with E-state index in [4.69, 9.17) is 11.6 Å². The number of anilines is 1. The topological polar surface area (TPSA) is 72.2 Å². The first-order chi connectivity index (χ1) is 9.88. The fraction of sp³-hybridized carbons (Fsp3) is 0. The van der Waals surface area contributed by atoms with Crippen molar-refractivity contribution in [3.05, 3.63) is 66.0 Å². The van der Waals surface area contributed by atoms with Gasteiger partial charge in [-0.15, -0.1) is 0 Å². The lowest BCUT2D eigenvalue weighted by molar-refractivity contribution is -0.384. The number of carbonyl (C=O) groups is 1. The summed E-state index contributed by atoms with van der Waals surface area (Å²) in [7, 11) is 0. The van der Waals surface area contributed by atoms with Crippen LogP contribution in [-0.4, -0.2) is 10.8 Å². The quantitative estimate of drug-likeness (QED) is 0.544. The van der Waals surface area contributed by atoms with Gasteiger partial charge in [0.2, 0.25) is 0 Å². The number of halogens is 3. The van der Waals surface area contributed by atoms with Crippen LogP contribution in [0.4, 0.5) is 11.4 Å². The van der Waals surface area contributed by atoms with Gasteiger partial charge in [0.25, 0.3) is 11.6 Å². The molecule has 0 spiro atoms. The molecule has 8 heteroatoms. The van der Waals surface area contributed by atoms with Crippen molar-refractivity contribution in [2.45, 2.75) is 0 Å². The van der Waals surface area contributed by atoms with Crippen molar-refractivity contribution < 1.29 is 9.72 Å². The SMILES string of the molecule is O=C(Nc1ccc(Br)c(Br)c1)c1cc([N+](=O)[O-])ccc1Cl. The van der Waals surface area contributed by atoms with Crippen LogP contribution in [0.1, 0.15) is 10.4 Å². The Morgan fingerprint density at radius 1 is 1.14 bits per heavy atom. The van der Waals surface area contributed by atoms with Crippen molar-refractivity contribution in [1.82, 2.24) is 0 Å². The molecule has 21 heavy (non-hydrogen) atoms. The van der Waals surface area contributed by atoms with E-state index in [1.807, 2.05) is 0 Å². The highest BCUT2D eigenvalue weighted by Crippen LogP contribution is 2.27. The van der Waals surface area contributed by atoms with Gasteiger partial charge in [-0.05, 0) is 56.1 Å². The molecule has 0 radical (unpaired) electrons. The summed E-state index contributed by atoms with van der Waals surface area (Å²) >= 11 is 12.6. The van der Waals surface area contributed by atoms with Crippen LogP contribution in [0, 0.1) is 10.1 Å². The molecule has 0 aromatic heterocycles. The summed E-state index contributed by atoms with van der Waals surface area (Å²) < 4.78 is 1.61. The van der Waals surface area contributed by atoms with Crippen LogP contribution in [0.5, 0.6) is 0 Å². The monoisotopic (exact) mass is 432 g/mol. The summed E-state index contributed by atoms with van der Waals surface area (Å²) in [6.45, 7) is 0. The molecule has 108 valence electrons. The Bertz CT molecular complexity index is 737. The lowest BCUT2D eigenvalue weighted by atomic mass is 10.2. The molecule has 0 saturated carbocycles. The molecule has 0 saturated heterocycles. The molecule has 0 heterocycles. The summed E-state index contributed by atoms with van der Waals surface area (Å²) in [5.74, 6) is -0.516. The average Bonchev–Trinajstić information content (AvgIpc) is 2.43. The number of nitrogens with one attached hydrogen (secondary N) is 1. The Hall–Kier alpha value is -1.44. The minimum absolute atomic E-state index is 0.0462. The van der Waals surface area contributed by atoms with E-state index in [1.165, 1.54) is 12.1 Å². The zero-order valence-corrected chi connectivity index (χ0v) is 14.2. The number of hydrogen-bond acceptors (Lipinski definition) is 3. The van der Waals surface area contributed by atoms with Crippen LogP contribution in [-0.2, 0) is 0 Å². The number of nitro groups is 1. The lowest BCUT2D eigenvalue weighted by Gasteiger charge is -2.08. The molecule has 0 aliphatic carbocycles. The number of hydrogen-bond donors (Lipinski definition) is 1. The van der Waals surface area contributed by atoms with Crippen molar-refractivity contribution >= 4 is 60.7 Å². The van der Waals surface area contributed by atoms with Crippen molar-refractivity contribution in [2.75, 3.05) is 5.32 Å². The smallest absolute Gasteiger partial charge is 0.270 e. The largest absolute Gasteiger partial charge is 0.322 e. The van der Waals surface area contributed by atoms with E-state index in [0.717, 1.165) is 15.0 Å². The predicted octanol–water partition coefficient (Wildman–Crippen LogP) is 5.03. The van der Waals surface area contributed by atoms with E-state index in [9.17, 15) is 14.9 Å². The Balaban J connectivity index is 2.29. The standard InChI is InChI=1S/C13H7Br2ClN2O3/c14-10-3-1-7(5-11(10)15)17-13(19)9-6-8(18(20)21)2-4-12(9)16/h1-6H,(H,17,19). The number of carbonyl (C=O) groups excluding carboxylic acids is 1. The molecular weight excluding hydrogens is 427 g/mol. The van der Waals surface area contributed by atoms with Crippen LogP contribution in [0.3, 0.4) is 0 Å². The molecule has 0 bridgehead atoms. The maximum Gasteiger partial charge on any atom is 0.270 e. The Labute approximate surface area is 141 Å². The molecule has 5 nitrogen and oxygen atoms in total. The first-order valence-corrected chi connectivity index (χ1v) is 7.55. The third-order valence-corrected chi connectivity index (χ3v) is 4.79. The molecule has 0 aliphatic rings. The number of nitrogens with zero attached hydrogens (tertiary/aromatic N) is 1. The average molecular weight is 434 g/mol. The van der Waals surface area contributed by atoms with Gasteiger partial charge in [-0.25, -0.2) is 0 Å². The van der Waals surface area contributed by atoms with Gasteiger partial charge < -0.3 is 5.32 Å². The highest BCUT2D eigenvalue weighted by atomic mass is 79.9. The summed E-state index contributed by atoms with van der Waals surface area (Å²) in [6.07, 6.45) is 0. The van der Waals surface area contributed by atoms with Crippen LogP contribution in [0.25, 0.3) is 0 Å². The first kappa shape index (κ1) is 15.9. The van der Waals surface area contributed by atoms with E-state index < -0.39 is 10.8 Å². The van der Waals surface area contributed by atoms with Crippen LogP contribution in [0.2, 0.25) is 5.02 Å². The van der Waals surface area contributed by atoms with Gasteiger partial charge in [0.05, 0.1) is 15.5 Å². The van der Waals surface area contributed by atoms with Gasteiger partial charge in [-0.2, -0.15) is 0 Å². The second kappa shape index (κ2) is 6.55. The van der Waals surface area contributed by atoms with Crippen LogP contribution >= 0.6 is 43.5 Å². The second-order valence-electron chi connectivity index (χ2n) is 4.00. The molecule has 2 rings (SSSR count). The molecule has 1 N–H and O–H groups in total. The lowest BCUT2D eigenvalue weighted by Crippen LogP contribution is -2.12. The zero-order chi connectivity index (χ0) is 15.6. The summed E-state index contributed by atoms with van der Waals surface area (Å²) in [6, 6.07) is 8.87. The van der Waals surface area contributed by atoms with Gasteiger partial charge >= 0.3 is 0 Å². The van der Waals surface area contributed by atoms with E-state index in [0.29, 0.717) is 5.69 Å². The van der Waals surface area contributed by atoms with Crippen molar-refractivity contribution in [3.63, 3.8) is 0 Å². The van der Waals surface area contributed by atoms with Crippen molar-refractivity contribution in [3.8, 4) is 0 Å². The molecular formula is C13H7Br2ClN2O3.